The van der Waals surface area contributed by atoms with Crippen LogP contribution < -0.4 is 5.48 Å². The van der Waals surface area contributed by atoms with Crippen molar-refractivity contribution in [1.82, 2.24) is 0 Å². The molecule has 0 aliphatic rings. The van der Waals surface area contributed by atoms with Gasteiger partial charge in [-0.25, -0.2) is 0 Å². The van der Waals surface area contributed by atoms with E-state index in [-0.39, 0.29) is 6.61 Å². The molecule has 0 unspecified atom stereocenters. The largest absolute Gasteiger partial charge is 0.373 e. The van der Waals surface area contributed by atoms with E-state index in [1.54, 1.807) is 0 Å². The number of hydrogen-bond donors (Lipinski definition) is 1. The average molecular weight is 271 g/mol. The summed E-state index contributed by atoms with van der Waals surface area (Å²) in [4.78, 5) is 16.2. The second kappa shape index (κ2) is 8.09. The standard InChI is InChI=1S/C16H17NO3/c18-11-16(20-17-15-9-5-2-6-10-15)13-19-12-14-7-3-1-4-8-14/h1-11,16-17H,12-13H2/t16-/m0/s1. The fourth-order valence-corrected chi connectivity index (χ4v) is 1.62. The minimum absolute atomic E-state index is 0.207. The van der Waals surface area contributed by atoms with E-state index in [1.807, 2.05) is 60.7 Å². The summed E-state index contributed by atoms with van der Waals surface area (Å²) in [5.41, 5.74) is 4.59. The summed E-state index contributed by atoms with van der Waals surface area (Å²) in [7, 11) is 0. The minimum Gasteiger partial charge on any atom is -0.373 e. The van der Waals surface area contributed by atoms with Crippen LogP contribution in [0.2, 0.25) is 0 Å². The molecule has 2 aromatic carbocycles. The lowest BCUT2D eigenvalue weighted by atomic mass is 10.2. The van der Waals surface area contributed by atoms with E-state index in [0.717, 1.165) is 17.5 Å². The molecule has 0 amide bonds. The van der Waals surface area contributed by atoms with Gasteiger partial charge in [-0.15, -0.1) is 0 Å². The van der Waals surface area contributed by atoms with E-state index in [9.17, 15) is 4.79 Å². The van der Waals surface area contributed by atoms with Crippen LogP contribution >= 0.6 is 0 Å². The molecular weight excluding hydrogens is 254 g/mol. The van der Waals surface area contributed by atoms with Gasteiger partial charge in [0, 0.05) is 0 Å². The van der Waals surface area contributed by atoms with Gasteiger partial charge in [-0.1, -0.05) is 48.5 Å². The Labute approximate surface area is 118 Å². The van der Waals surface area contributed by atoms with Gasteiger partial charge >= 0.3 is 0 Å². The Kier molecular flexibility index (Phi) is 5.76. The summed E-state index contributed by atoms with van der Waals surface area (Å²) < 4.78 is 5.46. The van der Waals surface area contributed by atoms with Gasteiger partial charge in [-0.2, -0.15) is 0 Å². The normalized spacial score (nSPS) is 11.8. The van der Waals surface area contributed by atoms with Crippen molar-refractivity contribution in [3.8, 4) is 0 Å². The van der Waals surface area contributed by atoms with Crippen LogP contribution in [0.25, 0.3) is 0 Å². The molecule has 0 bridgehead atoms. The molecule has 0 spiro atoms. The number of carbonyl (C=O) groups excluding carboxylic acids is 1. The van der Waals surface area contributed by atoms with Gasteiger partial charge < -0.3 is 9.53 Å². The quantitative estimate of drug-likeness (QED) is 0.592. The number of rotatable bonds is 8. The van der Waals surface area contributed by atoms with Crippen LogP contribution in [0.15, 0.2) is 60.7 Å². The summed E-state index contributed by atoms with van der Waals surface area (Å²) in [6.07, 6.45) is 0.0833. The second-order valence-corrected chi connectivity index (χ2v) is 4.26. The zero-order valence-electron chi connectivity index (χ0n) is 11.1. The Bertz CT molecular complexity index is 502. The maximum absolute atomic E-state index is 10.9. The molecule has 0 saturated heterocycles. The predicted octanol–water partition coefficient (Wildman–Crippen LogP) is 2.81. The third-order valence-corrected chi connectivity index (χ3v) is 2.65. The number of anilines is 1. The highest BCUT2D eigenvalue weighted by Gasteiger charge is 2.08. The highest BCUT2D eigenvalue weighted by molar-refractivity contribution is 5.56. The molecular formula is C16H17NO3. The molecule has 2 aromatic rings. The van der Waals surface area contributed by atoms with Crippen molar-refractivity contribution < 1.29 is 14.4 Å². The SMILES string of the molecule is O=C[C@@H](COCc1ccccc1)ONc1ccccc1. The van der Waals surface area contributed by atoms with E-state index in [1.165, 1.54) is 0 Å². The van der Waals surface area contributed by atoms with E-state index < -0.39 is 6.10 Å². The lowest BCUT2D eigenvalue weighted by molar-refractivity contribution is -0.120. The van der Waals surface area contributed by atoms with E-state index in [4.69, 9.17) is 9.57 Å². The fourth-order valence-electron chi connectivity index (χ4n) is 1.62. The summed E-state index contributed by atoms with van der Waals surface area (Å²) in [6, 6.07) is 19.2. The third-order valence-electron chi connectivity index (χ3n) is 2.65. The van der Waals surface area contributed by atoms with Crippen molar-refractivity contribution >= 4 is 12.0 Å². The third kappa shape index (κ3) is 4.84. The van der Waals surface area contributed by atoms with Crippen molar-refractivity contribution in [2.75, 3.05) is 12.1 Å². The molecule has 0 heterocycles. The summed E-state index contributed by atoms with van der Waals surface area (Å²) >= 11 is 0. The molecule has 0 aromatic heterocycles. The molecule has 2 rings (SSSR count). The Hall–Kier alpha value is -2.17. The van der Waals surface area contributed by atoms with Crippen molar-refractivity contribution in [2.45, 2.75) is 12.7 Å². The van der Waals surface area contributed by atoms with Crippen LogP contribution in [0.5, 0.6) is 0 Å². The van der Waals surface area contributed by atoms with Crippen LogP contribution in [0.3, 0.4) is 0 Å². The number of hydrogen-bond acceptors (Lipinski definition) is 4. The van der Waals surface area contributed by atoms with Gasteiger partial charge in [0.1, 0.15) is 0 Å². The molecule has 0 aliphatic carbocycles. The first kappa shape index (κ1) is 14.2. The summed E-state index contributed by atoms with van der Waals surface area (Å²) in [5.74, 6) is 0. The Morgan fingerprint density at radius 3 is 2.30 bits per heavy atom. The molecule has 0 fully saturated rings. The Morgan fingerprint density at radius 2 is 1.65 bits per heavy atom. The number of aldehydes is 1. The van der Waals surface area contributed by atoms with Crippen LogP contribution in [0, 0.1) is 0 Å². The lowest BCUT2D eigenvalue weighted by Gasteiger charge is -2.13. The van der Waals surface area contributed by atoms with Gasteiger partial charge in [0.2, 0.25) is 0 Å². The van der Waals surface area contributed by atoms with Gasteiger partial charge in [-0.3, -0.25) is 10.3 Å². The molecule has 0 saturated carbocycles. The molecule has 1 N–H and O–H groups in total. The van der Waals surface area contributed by atoms with Crippen LogP contribution in [-0.4, -0.2) is 19.0 Å². The first-order chi connectivity index (χ1) is 9.88. The van der Waals surface area contributed by atoms with Crippen LogP contribution in [-0.2, 0) is 21.0 Å². The topological polar surface area (TPSA) is 47.6 Å². The predicted molar refractivity (Wildman–Crippen MR) is 77.1 cm³/mol. The Morgan fingerprint density at radius 1 is 1.00 bits per heavy atom. The first-order valence-corrected chi connectivity index (χ1v) is 6.42. The maximum Gasteiger partial charge on any atom is 0.164 e. The monoisotopic (exact) mass is 271 g/mol. The molecule has 4 heteroatoms. The van der Waals surface area contributed by atoms with E-state index >= 15 is 0 Å². The second-order valence-electron chi connectivity index (χ2n) is 4.26. The number of nitrogens with one attached hydrogen (secondary N) is 1. The van der Waals surface area contributed by atoms with Gasteiger partial charge in [0.05, 0.1) is 18.9 Å². The van der Waals surface area contributed by atoms with Crippen molar-refractivity contribution in [2.24, 2.45) is 0 Å². The fraction of sp³-hybridized carbons (Fsp3) is 0.188. The number of benzene rings is 2. The molecule has 104 valence electrons. The summed E-state index contributed by atoms with van der Waals surface area (Å²) in [5, 5.41) is 0. The lowest BCUT2D eigenvalue weighted by Crippen LogP contribution is -2.24. The van der Waals surface area contributed by atoms with Crippen LogP contribution in [0.4, 0.5) is 5.69 Å². The van der Waals surface area contributed by atoms with Crippen LogP contribution in [0.1, 0.15) is 5.56 Å². The minimum atomic E-state index is -0.640. The van der Waals surface area contributed by atoms with Crippen molar-refractivity contribution in [1.29, 1.82) is 0 Å². The number of para-hydroxylation sites is 1. The number of ether oxygens (including phenoxy) is 1. The van der Waals surface area contributed by atoms with Crippen molar-refractivity contribution in [3.63, 3.8) is 0 Å². The highest BCUT2D eigenvalue weighted by Crippen LogP contribution is 2.06. The smallest absolute Gasteiger partial charge is 0.164 e. The van der Waals surface area contributed by atoms with E-state index in [0.29, 0.717) is 6.61 Å². The first-order valence-electron chi connectivity index (χ1n) is 6.42. The summed E-state index contributed by atoms with van der Waals surface area (Å²) in [6.45, 7) is 0.665. The molecule has 0 aliphatic heterocycles. The average Bonchev–Trinajstić information content (AvgIpc) is 2.52. The van der Waals surface area contributed by atoms with Gasteiger partial charge in [-0.05, 0) is 17.7 Å². The van der Waals surface area contributed by atoms with Gasteiger partial charge in [0.15, 0.2) is 12.4 Å². The van der Waals surface area contributed by atoms with E-state index in [2.05, 4.69) is 5.48 Å². The molecule has 4 nitrogen and oxygen atoms in total. The zero-order chi connectivity index (χ0) is 14.0. The number of carbonyl (C=O) groups is 1. The van der Waals surface area contributed by atoms with Gasteiger partial charge in [0.25, 0.3) is 0 Å². The molecule has 0 radical (unpaired) electrons. The molecule has 20 heavy (non-hydrogen) atoms. The Balaban J connectivity index is 1.71. The van der Waals surface area contributed by atoms with Crippen molar-refractivity contribution in [3.05, 3.63) is 66.2 Å². The zero-order valence-corrected chi connectivity index (χ0v) is 11.1. The maximum atomic E-state index is 10.9. The highest BCUT2D eigenvalue weighted by atomic mass is 16.7. The molecule has 1 atom stereocenters.